The number of carbonyl (C=O) groups excluding carboxylic acids is 1. The Morgan fingerprint density at radius 1 is 1.23 bits per heavy atom. The van der Waals surface area contributed by atoms with E-state index >= 15 is 0 Å². The summed E-state index contributed by atoms with van der Waals surface area (Å²) in [5.41, 5.74) is 0.369. The van der Waals surface area contributed by atoms with E-state index in [0.29, 0.717) is 11.5 Å². The van der Waals surface area contributed by atoms with Crippen LogP contribution in [0.25, 0.3) is 0 Å². The molecule has 0 saturated carbocycles. The van der Waals surface area contributed by atoms with E-state index < -0.39 is 11.7 Å². The normalized spacial score (nSPS) is 10.4. The number of phenols is 1. The number of rotatable bonds is 4. The maximum absolute atomic E-state index is 13.7. The Hall–Kier alpha value is -2.70. The van der Waals surface area contributed by atoms with Crippen molar-refractivity contribution >= 4 is 11.9 Å². The van der Waals surface area contributed by atoms with Crippen molar-refractivity contribution in [2.75, 3.05) is 26.0 Å². The molecule has 2 rings (SSSR count). The van der Waals surface area contributed by atoms with Crippen LogP contribution >= 0.6 is 0 Å². The van der Waals surface area contributed by atoms with Crippen LogP contribution in [-0.2, 0) is 6.54 Å². The third-order valence-electron chi connectivity index (χ3n) is 3.06. The number of phenolic OH excluding ortho intramolecular Hbond substituents is 1. The lowest BCUT2D eigenvalue weighted by atomic mass is 10.1. The molecule has 0 spiro atoms. The van der Waals surface area contributed by atoms with Gasteiger partial charge in [-0.2, -0.15) is 0 Å². The third-order valence-corrected chi connectivity index (χ3v) is 3.06. The van der Waals surface area contributed by atoms with Crippen LogP contribution in [0.1, 0.15) is 15.9 Å². The molecule has 1 aromatic carbocycles. The molecule has 0 aliphatic carbocycles. The van der Waals surface area contributed by atoms with Crippen LogP contribution in [0.2, 0.25) is 0 Å². The number of aromatic nitrogens is 2. The van der Waals surface area contributed by atoms with Gasteiger partial charge < -0.3 is 14.9 Å². The Balaban J connectivity index is 2.14. The van der Waals surface area contributed by atoms with Gasteiger partial charge in [0.2, 0.25) is 5.95 Å². The van der Waals surface area contributed by atoms with Gasteiger partial charge in [-0.15, -0.1) is 0 Å². The molecule has 7 heteroatoms. The first kappa shape index (κ1) is 15.7. The Labute approximate surface area is 127 Å². The predicted octanol–water partition coefficient (Wildman–Crippen LogP) is 1.66. The van der Waals surface area contributed by atoms with Crippen molar-refractivity contribution in [2.45, 2.75) is 6.54 Å². The summed E-state index contributed by atoms with van der Waals surface area (Å²) in [6.07, 6.45) is 3.21. The molecule has 22 heavy (non-hydrogen) atoms. The molecular formula is C15H17FN4O2. The second kappa shape index (κ2) is 6.38. The van der Waals surface area contributed by atoms with E-state index in [1.54, 1.807) is 17.3 Å². The van der Waals surface area contributed by atoms with Gasteiger partial charge in [0.05, 0.1) is 0 Å². The monoisotopic (exact) mass is 304 g/mol. The third kappa shape index (κ3) is 3.30. The molecule has 0 radical (unpaired) electrons. The summed E-state index contributed by atoms with van der Waals surface area (Å²) in [5, 5.41) is 9.66. The molecular weight excluding hydrogens is 287 g/mol. The number of anilines is 1. The van der Waals surface area contributed by atoms with Crippen LogP contribution in [0, 0.1) is 5.82 Å². The van der Waals surface area contributed by atoms with Gasteiger partial charge in [0.1, 0.15) is 17.1 Å². The Bertz CT molecular complexity index is 653. The summed E-state index contributed by atoms with van der Waals surface area (Å²) >= 11 is 0. The number of nitrogens with zero attached hydrogens (tertiary/aromatic N) is 4. The van der Waals surface area contributed by atoms with Gasteiger partial charge in [-0.05, 0) is 12.1 Å². The second-order valence-electron chi connectivity index (χ2n) is 5.08. The molecule has 0 unspecified atom stereocenters. The van der Waals surface area contributed by atoms with E-state index in [4.69, 9.17) is 0 Å². The molecule has 6 nitrogen and oxygen atoms in total. The van der Waals surface area contributed by atoms with Crippen molar-refractivity contribution < 1.29 is 14.3 Å². The number of benzene rings is 1. The molecule has 1 aromatic heterocycles. The minimum absolute atomic E-state index is 0.209. The quantitative estimate of drug-likeness (QED) is 0.930. The molecule has 0 bridgehead atoms. The van der Waals surface area contributed by atoms with E-state index in [1.807, 2.05) is 14.1 Å². The van der Waals surface area contributed by atoms with Crippen molar-refractivity contribution in [1.82, 2.24) is 14.9 Å². The lowest BCUT2D eigenvalue weighted by Gasteiger charge is -2.18. The number of hydrogen-bond donors (Lipinski definition) is 1. The van der Waals surface area contributed by atoms with Gasteiger partial charge >= 0.3 is 0 Å². The Morgan fingerprint density at radius 2 is 1.86 bits per heavy atom. The van der Waals surface area contributed by atoms with Crippen molar-refractivity contribution in [3.05, 3.63) is 47.5 Å². The van der Waals surface area contributed by atoms with Crippen molar-refractivity contribution in [3.8, 4) is 5.75 Å². The van der Waals surface area contributed by atoms with Crippen LogP contribution in [0.5, 0.6) is 5.75 Å². The molecule has 0 aliphatic rings. The van der Waals surface area contributed by atoms with E-state index in [1.165, 1.54) is 24.1 Å². The molecule has 1 amide bonds. The van der Waals surface area contributed by atoms with E-state index in [2.05, 4.69) is 9.97 Å². The number of carbonyl (C=O) groups is 1. The van der Waals surface area contributed by atoms with Crippen LogP contribution in [0.3, 0.4) is 0 Å². The molecule has 0 saturated heterocycles. The molecule has 1 N–H and O–H groups in total. The topological polar surface area (TPSA) is 69.6 Å². The molecule has 1 heterocycles. The number of amides is 1. The van der Waals surface area contributed by atoms with Crippen molar-refractivity contribution in [1.29, 1.82) is 0 Å². The van der Waals surface area contributed by atoms with E-state index in [0.717, 1.165) is 6.07 Å². The smallest absolute Gasteiger partial charge is 0.260 e. The summed E-state index contributed by atoms with van der Waals surface area (Å²) in [7, 11) is 5.17. The highest BCUT2D eigenvalue weighted by atomic mass is 19.1. The fraction of sp³-hybridized carbons (Fsp3) is 0.267. The molecule has 116 valence electrons. The fourth-order valence-electron chi connectivity index (χ4n) is 1.92. The number of aromatic hydroxyl groups is 1. The SMILES string of the molecule is CN(Cc1cnc(N(C)C)nc1)C(=O)c1c(O)cccc1F. The van der Waals surface area contributed by atoms with E-state index in [9.17, 15) is 14.3 Å². The first-order valence-electron chi connectivity index (χ1n) is 6.61. The highest BCUT2D eigenvalue weighted by Gasteiger charge is 2.20. The lowest BCUT2D eigenvalue weighted by molar-refractivity contribution is 0.0777. The summed E-state index contributed by atoms with van der Waals surface area (Å²) < 4.78 is 13.7. The first-order valence-corrected chi connectivity index (χ1v) is 6.61. The standard InChI is InChI=1S/C15H17FN4O2/c1-19(2)15-17-7-10(8-18-15)9-20(3)14(22)13-11(16)5-4-6-12(13)21/h4-8,21H,9H2,1-3H3. The Morgan fingerprint density at radius 3 is 2.41 bits per heavy atom. The summed E-state index contributed by atoms with van der Waals surface area (Å²) in [5.74, 6) is -1.18. The maximum atomic E-state index is 13.7. The Kier molecular flexibility index (Phi) is 4.55. The average molecular weight is 304 g/mol. The minimum Gasteiger partial charge on any atom is -0.507 e. The van der Waals surface area contributed by atoms with Gasteiger partial charge in [0.25, 0.3) is 5.91 Å². The van der Waals surface area contributed by atoms with Crippen molar-refractivity contribution in [3.63, 3.8) is 0 Å². The average Bonchev–Trinajstić information content (AvgIpc) is 2.47. The van der Waals surface area contributed by atoms with Gasteiger partial charge in [-0.3, -0.25) is 4.79 Å². The zero-order chi connectivity index (χ0) is 16.3. The van der Waals surface area contributed by atoms with Gasteiger partial charge in [0.15, 0.2) is 0 Å². The van der Waals surface area contributed by atoms with Crippen LogP contribution in [0.4, 0.5) is 10.3 Å². The second-order valence-corrected chi connectivity index (χ2v) is 5.08. The summed E-state index contributed by atoms with van der Waals surface area (Å²) in [6, 6.07) is 3.75. The fourth-order valence-corrected chi connectivity index (χ4v) is 1.92. The highest BCUT2D eigenvalue weighted by Crippen LogP contribution is 2.21. The molecule has 0 atom stereocenters. The predicted molar refractivity (Wildman–Crippen MR) is 80.2 cm³/mol. The first-order chi connectivity index (χ1) is 10.4. The lowest BCUT2D eigenvalue weighted by Crippen LogP contribution is -2.27. The molecule has 0 fully saturated rings. The van der Waals surface area contributed by atoms with Gasteiger partial charge in [0, 0.05) is 45.6 Å². The molecule has 2 aromatic rings. The minimum atomic E-state index is -0.754. The van der Waals surface area contributed by atoms with E-state index in [-0.39, 0.29) is 17.9 Å². The largest absolute Gasteiger partial charge is 0.507 e. The number of halogens is 1. The highest BCUT2D eigenvalue weighted by molar-refractivity contribution is 5.96. The summed E-state index contributed by atoms with van der Waals surface area (Å²) in [6.45, 7) is 0.209. The zero-order valence-corrected chi connectivity index (χ0v) is 12.6. The number of hydrogen-bond acceptors (Lipinski definition) is 5. The summed E-state index contributed by atoms with van der Waals surface area (Å²) in [4.78, 5) is 23.6. The molecule has 0 aliphatic heterocycles. The zero-order valence-electron chi connectivity index (χ0n) is 12.6. The van der Waals surface area contributed by atoms with Gasteiger partial charge in [-0.25, -0.2) is 14.4 Å². The van der Waals surface area contributed by atoms with Crippen molar-refractivity contribution in [2.24, 2.45) is 0 Å². The van der Waals surface area contributed by atoms with Crippen LogP contribution in [0.15, 0.2) is 30.6 Å². The van der Waals surface area contributed by atoms with Gasteiger partial charge in [-0.1, -0.05) is 6.07 Å². The van der Waals surface area contributed by atoms with Crippen LogP contribution in [-0.4, -0.2) is 47.0 Å². The van der Waals surface area contributed by atoms with Crippen LogP contribution < -0.4 is 4.90 Å². The maximum Gasteiger partial charge on any atom is 0.260 e.